The van der Waals surface area contributed by atoms with E-state index < -0.39 is 9.73 Å². The van der Waals surface area contributed by atoms with Crippen molar-refractivity contribution in [2.75, 3.05) is 6.26 Å². The molecule has 0 rings (SSSR count). The van der Waals surface area contributed by atoms with E-state index in [4.69, 9.17) is 0 Å². The first-order valence-corrected chi connectivity index (χ1v) is 5.80. The van der Waals surface area contributed by atoms with E-state index in [0.717, 1.165) is 0 Å². The minimum absolute atomic E-state index is 0.159. The maximum Gasteiger partial charge on any atom is 0.0538 e. The van der Waals surface area contributed by atoms with Crippen LogP contribution in [0, 0.1) is 0 Å². The summed E-state index contributed by atoms with van der Waals surface area (Å²) in [7, 11) is -2.02. The van der Waals surface area contributed by atoms with Gasteiger partial charge in [0.2, 0.25) is 0 Å². The van der Waals surface area contributed by atoms with Crippen molar-refractivity contribution in [3.05, 3.63) is 0 Å². The fourth-order valence-corrected chi connectivity index (χ4v) is 1.68. The van der Waals surface area contributed by atoms with Crippen LogP contribution >= 0.6 is 0 Å². The van der Waals surface area contributed by atoms with Gasteiger partial charge in [0.15, 0.2) is 0 Å². The highest BCUT2D eigenvalue weighted by atomic mass is 32.2. The number of hydrogen-bond donors (Lipinski definition) is 0. The molecular weight excluding hydrogens is 158 g/mol. The Labute approximate surface area is 70.6 Å². The summed E-state index contributed by atoms with van der Waals surface area (Å²) in [6.45, 7) is 9.79. The van der Waals surface area contributed by atoms with Crippen molar-refractivity contribution in [3.8, 4) is 0 Å². The zero-order valence-electron chi connectivity index (χ0n) is 8.34. The monoisotopic (exact) mass is 177 g/mol. The lowest BCUT2D eigenvalue weighted by molar-refractivity contribution is 0.638. The van der Waals surface area contributed by atoms with Gasteiger partial charge in [-0.1, -0.05) is 0 Å². The molecule has 0 amide bonds. The molecule has 0 aliphatic carbocycles. The lowest BCUT2D eigenvalue weighted by Gasteiger charge is -2.21. The molecule has 0 saturated heterocycles. The van der Waals surface area contributed by atoms with Crippen LogP contribution in [0.4, 0.5) is 0 Å². The molecule has 0 heterocycles. The van der Waals surface area contributed by atoms with Gasteiger partial charge in [-0.05, 0) is 34.6 Å². The van der Waals surface area contributed by atoms with Gasteiger partial charge >= 0.3 is 0 Å². The zero-order chi connectivity index (χ0) is 9.28. The van der Waals surface area contributed by atoms with Gasteiger partial charge in [0.1, 0.15) is 0 Å². The Morgan fingerprint density at radius 3 is 1.73 bits per heavy atom. The van der Waals surface area contributed by atoms with Crippen molar-refractivity contribution >= 4 is 9.73 Å². The predicted molar refractivity (Wildman–Crippen MR) is 51.4 cm³/mol. The molecule has 0 aliphatic rings. The van der Waals surface area contributed by atoms with Gasteiger partial charge in [0.25, 0.3) is 0 Å². The molecule has 3 heteroatoms. The topological polar surface area (TPSA) is 29.4 Å². The van der Waals surface area contributed by atoms with Gasteiger partial charge in [0.05, 0.1) is 6.04 Å². The van der Waals surface area contributed by atoms with Crippen molar-refractivity contribution in [1.82, 2.24) is 0 Å². The molecule has 2 nitrogen and oxygen atoms in total. The van der Waals surface area contributed by atoms with Crippen LogP contribution in [0.3, 0.4) is 0 Å². The molecule has 0 radical (unpaired) electrons. The SMILES string of the molecule is CC(C)N=S(C)(=O)C(C)(C)C. The highest BCUT2D eigenvalue weighted by Gasteiger charge is 2.21. The quantitative estimate of drug-likeness (QED) is 0.604. The van der Waals surface area contributed by atoms with Crippen LogP contribution in [-0.4, -0.2) is 21.3 Å². The predicted octanol–water partition coefficient (Wildman–Crippen LogP) is 2.29. The smallest absolute Gasteiger partial charge is 0.0538 e. The average molecular weight is 177 g/mol. The third kappa shape index (κ3) is 3.23. The fraction of sp³-hybridized carbons (Fsp3) is 1.00. The average Bonchev–Trinajstić information content (AvgIpc) is 1.56. The highest BCUT2D eigenvalue weighted by Crippen LogP contribution is 2.17. The Balaban J connectivity index is 4.90. The summed E-state index contributed by atoms with van der Waals surface area (Å²) in [5.41, 5.74) is 0. The standard InChI is InChI=1S/C8H19NOS/c1-7(2)9-11(6,10)8(3,4)5/h7H,1-6H3. The molecule has 11 heavy (non-hydrogen) atoms. The van der Waals surface area contributed by atoms with E-state index in [0.29, 0.717) is 0 Å². The third-order valence-electron chi connectivity index (χ3n) is 1.55. The Hall–Kier alpha value is -0.0500. The van der Waals surface area contributed by atoms with Gasteiger partial charge in [-0.3, -0.25) is 0 Å². The highest BCUT2D eigenvalue weighted by molar-refractivity contribution is 7.94. The van der Waals surface area contributed by atoms with Crippen molar-refractivity contribution in [1.29, 1.82) is 0 Å². The Morgan fingerprint density at radius 1 is 1.27 bits per heavy atom. The van der Waals surface area contributed by atoms with E-state index >= 15 is 0 Å². The van der Waals surface area contributed by atoms with Crippen molar-refractivity contribution in [2.45, 2.75) is 45.4 Å². The minimum Gasteiger partial charge on any atom is -0.250 e. The van der Waals surface area contributed by atoms with Crippen molar-refractivity contribution in [3.63, 3.8) is 0 Å². The first-order chi connectivity index (χ1) is 4.67. The van der Waals surface area contributed by atoms with Crippen LogP contribution in [0.5, 0.6) is 0 Å². The summed E-state index contributed by atoms with van der Waals surface area (Å²) in [6.07, 6.45) is 1.73. The second kappa shape index (κ2) is 3.13. The lowest BCUT2D eigenvalue weighted by atomic mass is 10.3. The Morgan fingerprint density at radius 2 is 1.64 bits per heavy atom. The maximum atomic E-state index is 11.9. The van der Waals surface area contributed by atoms with E-state index in [1.807, 2.05) is 34.6 Å². The third-order valence-corrected chi connectivity index (χ3v) is 4.64. The van der Waals surface area contributed by atoms with Crippen LogP contribution in [0.25, 0.3) is 0 Å². The molecule has 0 aliphatic heterocycles. The first-order valence-electron chi connectivity index (χ1n) is 3.87. The molecule has 0 aromatic carbocycles. The summed E-state index contributed by atoms with van der Waals surface area (Å²) in [4.78, 5) is 0. The Bertz CT molecular complexity index is 229. The summed E-state index contributed by atoms with van der Waals surface area (Å²) < 4.78 is 15.8. The van der Waals surface area contributed by atoms with E-state index in [1.54, 1.807) is 6.26 Å². The molecule has 0 aromatic rings. The van der Waals surface area contributed by atoms with Gasteiger partial charge in [-0.25, -0.2) is 8.57 Å². The zero-order valence-corrected chi connectivity index (χ0v) is 9.16. The second-order valence-corrected chi connectivity index (χ2v) is 7.15. The first kappa shape index (κ1) is 11.0. The molecule has 1 unspecified atom stereocenters. The fourth-order valence-electron chi connectivity index (χ4n) is 0.560. The summed E-state index contributed by atoms with van der Waals surface area (Å²) in [6, 6.07) is 0.159. The summed E-state index contributed by atoms with van der Waals surface area (Å²) in [5.74, 6) is 0. The van der Waals surface area contributed by atoms with Gasteiger partial charge in [0, 0.05) is 20.7 Å². The normalized spacial score (nSPS) is 18.1. The second-order valence-electron chi connectivity index (χ2n) is 4.11. The van der Waals surface area contributed by atoms with Crippen LogP contribution < -0.4 is 0 Å². The minimum atomic E-state index is -2.02. The summed E-state index contributed by atoms with van der Waals surface area (Å²) >= 11 is 0. The summed E-state index contributed by atoms with van der Waals surface area (Å²) in [5, 5.41) is 0. The number of nitrogens with zero attached hydrogens (tertiary/aromatic N) is 1. The van der Waals surface area contributed by atoms with Gasteiger partial charge in [-0.15, -0.1) is 0 Å². The molecule has 0 fully saturated rings. The molecular formula is C8H19NOS. The molecule has 0 aromatic heterocycles. The van der Waals surface area contributed by atoms with E-state index in [2.05, 4.69) is 4.36 Å². The Kier molecular flexibility index (Phi) is 3.12. The molecule has 68 valence electrons. The largest absolute Gasteiger partial charge is 0.250 e. The maximum absolute atomic E-state index is 11.9. The number of rotatable bonds is 1. The number of hydrogen-bond acceptors (Lipinski definition) is 2. The van der Waals surface area contributed by atoms with Gasteiger partial charge < -0.3 is 0 Å². The van der Waals surface area contributed by atoms with Crippen LogP contribution in [0.15, 0.2) is 4.36 Å². The van der Waals surface area contributed by atoms with E-state index in [1.165, 1.54) is 0 Å². The van der Waals surface area contributed by atoms with Crippen LogP contribution in [0.2, 0.25) is 0 Å². The van der Waals surface area contributed by atoms with E-state index in [-0.39, 0.29) is 10.8 Å². The molecule has 1 atom stereocenters. The molecule has 0 spiro atoms. The lowest BCUT2D eigenvalue weighted by Crippen LogP contribution is -2.27. The molecule has 0 bridgehead atoms. The van der Waals surface area contributed by atoms with E-state index in [9.17, 15) is 4.21 Å². The molecule has 0 saturated carbocycles. The van der Waals surface area contributed by atoms with Crippen molar-refractivity contribution < 1.29 is 4.21 Å². The van der Waals surface area contributed by atoms with Crippen molar-refractivity contribution in [2.24, 2.45) is 4.36 Å². The van der Waals surface area contributed by atoms with Crippen LogP contribution in [0.1, 0.15) is 34.6 Å². The molecule has 0 N–H and O–H groups in total. The van der Waals surface area contributed by atoms with Gasteiger partial charge in [-0.2, -0.15) is 0 Å². The van der Waals surface area contributed by atoms with Crippen LogP contribution in [-0.2, 0) is 9.73 Å².